The molecule has 0 bridgehead atoms. The third-order valence-electron chi connectivity index (χ3n) is 2.92. The zero-order valence-corrected chi connectivity index (χ0v) is 12.4. The molecule has 0 saturated heterocycles. The van der Waals surface area contributed by atoms with Gasteiger partial charge in [0, 0.05) is 10.5 Å². The van der Waals surface area contributed by atoms with Crippen molar-refractivity contribution in [2.24, 2.45) is 0 Å². The van der Waals surface area contributed by atoms with Crippen LogP contribution in [0.3, 0.4) is 0 Å². The Hall–Kier alpha value is -0.700. The highest BCUT2D eigenvalue weighted by atomic mass is 79.9. The lowest BCUT2D eigenvalue weighted by Gasteiger charge is -2.20. The summed E-state index contributed by atoms with van der Waals surface area (Å²) in [5.41, 5.74) is 7.88. The van der Waals surface area contributed by atoms with Crippen LogP contribution in [0.2, 0.25) is 0 Å². The zero-order chi connectivity index (χ0) is 12.7. The second-order valence-corrected chi connectivity index (χ2v) is 5.42. The lowest BCUT2D eigenvalue weighted by molar-refractivity contribution is 0.564. The fourth-order valence-electron chi connectivity index (χ4n) is 1.97. The molecule has 0 spiro atoms. The van der Waals surface area contributed by atoms with E-state index in [0.717, 1.165) is 15.8 Å². The van der Waals surface area contributed by atoms with E-state index in [1.54, 1.807) is 0 Å². The second kappa shape index (κ2) is 7.59. The molecule has 0 saturated carbocycles. The minimum atomic E-state index is 0.545. The first-order valence-corrected chi connectivity index (χ1v) is 7.28. The third-order valence-corrected chi connectivity index (χ3v) is 3.41. The van der Waals surface area contributed by atoms with Gasteiger partial charge in [-0.1, -0.05) is 49.0 Å². The van der Waals surface area contributed by atoms with E-state index in [1.807, 2.05) is 18.2 Å². The van der Waals surface area contributed by atoms with Gasteiger partial charge in [0.1, 0.15) is 0 Å². The van der Waals surface area contributed by atoms with Crippen LogP contribution in [0, 0.1) is 0 Å². The fraction of sp³-hybridized carbons (Fsp3) is 0.571. The van der Waals surface area contributed by atoms with Gasteiger partial charge in [0.15, 0.2) is 0 Å². The molecule has 96 valence electrons. The van der Waals surface area contributed by atoms with E-state index in [2.05, 4.69) is 35.1 Å². The van der Waals surface area contributed by atoms with Crippen LogP contribution in [0.1, 0.15) is 46.0 Å². The monoisotopic (exact) mass is 298 g/mol. The molecule has 17 heavy (non-hydrogen) atoms. The van der Waals surface area contributed by atoms with Crippen molar-refractivity contribution in [2.45, 2.75) is 52.0 Å². The Balaban J connectivity index is 2.64. The highest BCUT2D eigenvalue weighted by Crippen LogP contribution is 2.25. The first-order valence-electron chi connectivity index (χ1n) is 6.49. The van der Waals surface area contributed by atoms with E-state index < -0.39 is 0 Å². The number of hydrogen-bond acceptors (Lipinski definition) is 2. The van der Waals surface area contributed by atoms with Crippen LogP contribution in [0.5, 0.6) is 0 Å². The van der Waals surface area contributed by atoms with Gasteiger partial charge in [-0.25, -0.2) is 0 Å². The zero-order valence-electron chi connectivity index (χ0n) is 10.8. The van der Waals surface area contributed by atoms with Crippen molar-refractivity contribution in [1.82, 2.24) is 0 Å². The molecule has 0 fully saturated rings. The van der Waals surface area contributed by atoms with E-state index >= 15 is 0 Å². The molecule has 1 aromatic rings. The van der Waals surface area contributed by atoms with Crippen LogP contribution in [0.4, 0.5) is 11.4 Å². The predicted molar refractivity (Wildman–Crippen MR) is 80.4 cm³/mol. The van der Waals surface area contributed by atoms with Crippen molar-refractivity contribution in [3.63, 3.8) is 0 Å². The van der Waals surface area contributed by atoms with Crippen molar-refractivity contribution in [1.29, 1.82) is 0 Å². The van der Waals surface area contributed by atoms with E-state index in [9.17, 15) is 0 Å². The van der Waals surface area contributed by atoms with Gasteiger partial charge in [-0.15, -0.1) is 0 Å². The van der Waals surface area contributed by atoms with Crippen LogP contribution in [-0.2, 0) is 0 Å². The Kier molecular flexibility index (Phi) is 6.41. The summed E-state index contributed by atoms with van der Waals surface area (Å²) in [6, 6.07) is 6.57. The number of nitrogens with two attached hydrogens (primary N) is 1. The minimum Gasteiger partial charge on any atom is -0.397 e. The van der Waals surface area contributed by atoms with Gasteiger partial charge in [-0.2, -0.15) is 0 Å². The quantitative estimate of drug-likeness (QED) is 0.710. The number of hydrogen-bond donors (Lipinski definition) is 2. The fourth-order valence-corrected chi connectivity index (χ4v) is 2.35. The number of anilines is 2. The molecule has 0 amide bonds. The van der Waals surface area contributed by atoms with E-state index in [4.69, 9.17) is 5.73 Å². The van der Waals surface area contributed by atoms with E-state index in [0.29, 0.717) is 6.04 Å². The molecule has 1 atom stereocenters. The molecule has 0 heterocycles. The van der Waals surface area contributed by atoms with Crippen LogP contribution in [-0.4, -0.2) is 6.04 Å². The SMILES string of the molecule is CCCCC(CCC)Nc1ccc(Br)cc1N. The van der Waals surface area contributed by atoms with Gasteiger partial charge in [-0.3, -0.25) is 0 Å². The summed E-state index contributed by atoms with van der Waals surface area (Å²) < 4.78 is 1.03. The maximum Gasteiger partial charge on any atom is 0.0576 e. The van der Waals surface area contributed by atoms with Crippen molar-refractivity contribution in [3.8, 4) is 0 Å². The van der Waals surface area contributed by atoms with E-state index in [-0.39, 0.29) is 0 Å². The maximum atomic E-state index is 6.00. The highest BCUT2D eigenvalue weighted by molar-refractivity contribution is 9.10. The summed E-state index contributed by atoms with van der Waals surface area (Å²) >= 11 is 3.43. The average Bonchev–Trinajstić information content (AvgIpc) is 2.29. The third kappa shape index (κ3) is 4.99. The summed E-state index contributed by atoms with van der Waals surface area (Å²) in [6.45, 7) is 4.46. The molecule has 2 nitrogen and oxygen atoms in total. The van der Waals surface area contributed by atoms with Crippen molar-refractivity contribution in [3.05, 3.63) is 22.7 Å². The number of benzene rings is 1. The van der Waals surface area contributed by atoms with Gasteiger partial charge < -0.3 is 11.1 Å². The van der Waals surface area contributed by atoms with Gasteiger partial charge in [0.05, 0.1) is 11.4 Å². The molecule has 3 N–H and O–H groups in total. The van der Waals surface area contributed by atoms with Gasteiger partial charge in [-0.05, 0) is 31.0 Å². The molecule has 0 aliphatic carbocycles. The Bertz CT molecular complexity index is 339. The van der Waals surface area contributed by atoms with Crippen LogP contribution in [0.15, 0.2) is 22.7 Å². The lowest BCUT2D eigenvalue weighted by Crippen LogP contribution is -2.19. The highest BCUT2D eigenvalue weighted by Gasteiger charge is 2.08. The van der Waals surface area contributed by atoms with Crippen LogP contribution in [0.25, 0.3) is 0 Å². The number of nitrogens with one attached hydrogen (secondary N) is 1. The van der Waals surface area contributed by atoms with Gasteiger partial charge in [0.25, 0.3) is 0 Å². The number of nitrogen functional groups attached to an aromatic ring is 1. The second-order valence-electron chi connectivity index (χ2n) is 4.50. The lowest BCUT2D eigenvalue weighted by atomic mass is 10.0. The summed E-state index contributed by atoms with van der Waals surface area (Å²) in [6.07, 6.45) is 6.15. The van der Waals surface area contributed by atoms with Gasteiger partial charge >= 0.3 is 0 Å². The minimum absolute atomic E-state index is 0.545. The van der Waals surface area contributed by atoms with Crippen molar-refractivity contribution >= 4 is 27.3 Å². The smallest absolute Gasteiger partial charge is 0.0576 e. The topological polar surface area (TPSA) is 38.0 Å². The van der Waals surface area contributed by atoms with Crippen molar-refractivity contribution < 1.29 is 0 Å². The van der Waals surface area contributed by atoms with Crippen LogP contribution >= 0.6 is 15.9 Å². The summed E-state index contributed by atoms with van der Waals surface area (Å²) in [5, 5.41) is 3.56. The van der Waals surface area contributed by atoms with Crippen LogP contribution < -0.4 is 11.1 Å². The summed E-state index contributed by atoms with van der Waals surface area (Å²) in [5.74, 6) is 0. The number of halogens is 1. The molecule has 1 rings (SSSR count). The average molecular weight is 299 g/mol. The summed E-state index contributed by atoms with van der Waals surface area (Å²) in [4.78, 5) is 0. The number of unbranched alkanes of at least 4 members (excludes halogenated alkanes) is 1. The van der Waals surface area contributed by atoms with Crippen molar-refractivity contribution in [2.75, 3.05) is 11.1 Å². The Morgan fingerprint density at radius 2 is 2.00 bits per heavy atom. The molecule has 3 heteroatoms. The molecule has 0 aliphatic heterocycles. The number of rotatable bonds is 7. The molecule has 1 aromatic carbocycles. The normalized spacial score (nSPS) is 12.4. The van der Waals surface area contributed by atoms with E-state index in [1.165, 1.54) is 32.1 Å². The summed E-state index contributed by atoms with van der Waals surface area (Å²) in [7, 11) is 0. The molecular weight excluding hydrogens is 276 g/mol. The Labute approximate surface area is 113 Å². The maximum absolute atomic E-state index is 6.00. The first-order chi connectivity index (χ1) is 8.17. The molecule has 1 unspecified atom stereocenters. The molecular formula is C14H23BrN2. The molecule has 0 radical (unpaired) electrons. The standard InChI is InChI=1S/C14H23BrN2/c1-3-5-7-12(6-4-2)17-14-9-8-11(15)10-13(14)16/h8-10,12,17H,3-7,16H2,1-2H3. The molecule has 0 aliphatic rings. The predicted octanol–water partition coefficient (Wildman–Crippen LogP) is 4.80. The Morgan fingerprint density at radius 1 is 1.24 bits per heavy atom. The first kappa shape index (κ1) is 14.4. The largest absolute Gasteiger partial charge is 0.397 e. The Morgan fingerprint density at radius 3 is 2.59 bits per heavy atom. The van der Waals surface area contributed by atoms with Gasteiger partial charge in [0.2, 0.25) is 0 Å². The molecule has 0 aromatic heterocycles.